The monoisotopic (exact) mass is 272 g/mol. The van der Waals surface area contributed by atoms with Gasteiger partial charge in [0, 0.05) is 10.7 Å². The summed E-state index contributed by atoms with van der Waals surface area (Å²) >= 11 is 0. The summed E-state index contributed by atoms with van der Waals surface area (Å²) in [4.78, 5) is 1.33. The van der Waals surface area contributed by atoms with Gasteiger partial charge in [-0.05, 0) is 10.8 Å². The quantitative estimate of drug-likeness (QED) is 0.769. The van der Waals surface area contributed by atoms with Crippen LogP contribution in [-0.4, -0.2) is 28.6 Å². The molecular formula is C9H9ClN4O2S. The fourth-order valence-corrected chi connectivity index (χ4v) is 2.02. The summed E-state index contributed by atoms with van der Waals surface area (Å²) in [5.74, 6) is -0.320. The number of rotatable bonds is 4. The van der Waals surface area contributed by atoms with Gasteiger partial charge in [-0.15, -0.1) is 10.2 Å². The van der Waals surface area contributed by atoms with Crippen molar-refractivity contribution in [2.45, 2.75) is 12.3 Å². The van der Waals surface area contributed by atoms with E-state index in [-0.39, 0.29) is 5.82 Å². The molecule has 2 aromatic rings. The van der Waals surface area contributed by atoms with Gasteiger partial charge in [-0.25, -0.2) is 8.42 Å². The summed E-state index contributed by atoms with van der Waals surface area (Å²) in [6.07, 6.45) is 0. The molecule has 17 heavy (non-hydrogen) atoms. The van der Waals surface area contributed by atoms with Gasteiger partial charge in [0.05, 0.1) is 6.54 Å². The zero-order valence-corrected chi connectivity index (χ0v) is 10.3. The van der Waals surface area contributed by atoms with Gasteiger partial charge in [0.25, 0.3) is 0 Å². The molecule has 0 aliphatic carbocycles. The number of hydrogen-bond acceptors (Lipinski definition) is 5. The van der Waals surface area contributed by atoms with Crippen LogP contribution >= 0.6 is 10.7 Å². The summed E-state index contributed by atoms with van der Waals surface area (Å²) in [5, 5.41) is 11.3. The summed E-state index contributed by atoms with van der Waals surface area (Å²) < 4.78 is 21.6. The molecule has 8 heteroatoms. The first-order chi connectivity index (χ1) is 8.03. The second kappa shape index (κ2) is 4.80. The van der Waals surface area contributed by atoms with Crippen LogP contribution in [0.15, 0.2) is 30.3 Å². The molecule has 0 fully saturated rings. The molecule has 0 atom stereocenters. The summed E-state index contributed by atoms with van der Waals surface area (Å²) in [7, 11) is 1.45. The fourth-order valence-electron chi connectivity index (χ4n) is 1.30. The van der Waals surface area contributed by atoms with Crippen molar-refractivity contribution in [2.75, 3.05) is 0 Å². The van der Waals surface area contributed by atoms with Crippen LogP contribution in [0.5, 0.6) is 0 Å². The minimum Gasteiger partial charge on any atom is -0.212 e. The lowest BCUT2D eigenvalue weighted by molar-refractivity contribution is 0.570. The molecule has 0 N–H and O–H groups in total. The van der Waals surface area contributed by atoms with Crippen molar-refractivity contribution in [3.63, 3.8) is 0 Å². The van der Waals surface area contributed by atoms with Crippen molar-refractivity contribution in [1.29, 1.82) is 0 Å². The Hall–Kier alpha value is -1.47. The van der Waals surface area contributed by atoms with Crippen LogP contribution in [0.1, 0.15) is 11.4 Å². The number of halogens is 1. The molecule has 0 aliphatic heterocycles. The molecule has 1 heterocycles. The highest BCUT2D eigenvalue weighted by Crippen LogP contribution is 2.04. The van der Waals surface area contributed by atoms with Crippen LogP contribution in [0.4, 0.5) is 0 Å². The average molecular weight is 273 g/mol. The third-order valence-corrected chi connectivity index (χ3v) is 2.89. The van der Waals surface area contributed by atoms with Crippen molar-refractivity contribution in [3.8, 4) is 0 Å². The van der Waals surface area contributed by atoms with E-state index in [1.807, 2.05) is 30.3 Å². The third kappa shape index (κ3) is 3.79. The van der Waals surface area contributed by atoms with E-state index in [0.29, 0.717) is 6.54 Å². The highest BCUT2D eigenvalue weighted by molar-refractivity contribution is 8.13. The lowest BCUT2D eigenvalue weighted by Gasteiger charge is -1.97. The highest BCUT2D eigenvalue weighted by Gasteiger charge is 2.12. The molecule has 0 saturated heterocycles. The van der Waals surface area contributed by atoms with E-state index in [1.54, 1.807) is 0 Å². The Kier molecular flexibility index (Phi) is 3.39. The zero-order chi connectivity index (χ0) is 12.3. The van der Waals surface area contributed by atoms with Crippen molar-refractivity contribution >= 4 is 19.7 Å². The predicted octanol–water partition coefficient (Wildman–Crippen LogP) is 0.790. The molecular weight excluding hydrogens is 264 g/mol. The second-order valence-electron chi connectivity index (χ2n) is 3.40. The van der Waals surface area contributed by atoms with Crippen LogP contribution < -0.4 is 0 Å². The van der Waals surface area contributed by atoms with Gasteiger partial charge >= 0.3 is 0 Å². The van der Waals surface area contributed by atoms with Crippen molar-refractivity contribution in [2.24, 2.45) is 0 Å². The minimum absolute atomic E-state index is 0.0935. The first-order valence-electron chi connectivity index (χ1n) is 4.76. The van der Waals surface area contributed by atoms with E-state index < -0.39 is 14.8 Å². The van der Waals surface area contributed by atoms with Crippen LogP contribution in [-0.2, 0) is 21.3 Å². The van der Waals surface area contributed by atoms with E-state index in [1.165, 1.54) is 4.80 Å². The molecule has 0 unspecified atom stereocenters. The Balaban J connectivity index is 2.09. The number of benzene rings is 1. The van der Waals surface area contributed by atoms with Gasteiger partial charge in [-0.3, -0.25) is 0 Å². The second-order valence-corrected chi connectivity index (χ2v) is 6.18. The Labute approximate surface area is 103 Å². The van der Waals surface area contributed by atoms with Gasteiger partial charge in [0.1, 0.15) is 5.75 Å². The molecule has 0 aliphatic rings. The highest BCUT2D eigenvalue weighted by atomic mass is 35.7. The summed E-state index contributed by atoms with van der Waals surface area (Å²) in [6.45, 7) is 0.441. The third-order valence-electron chi connectivity index (χ3n) is 1.96. The molecule has 6 nitrogen and oxygen atoms in total. The van der Waals surface area contributed by atoms with Gasteiger partial charge in [0.15, 0.2) is 5.82 Å². The van der Waals surface area contributed by atoms with Crippen LogP contribution in [0.25, 0.3) is 0 Å². The largest absolute Gasteiger partial charge is 0.240 e. The maximum Gasteiger partial charge on any atom is 0.240 e. The molecule has 0 bridgehead atoms. The lowest BCUT2D eigenvalue weighted by Crippen LogP contribution is -2.04. The molecule has 1 aromatic heterocycles. The van der Waals surface area contributed by atoms with Crippen LogP contribution in [0.3, 0.4) is 0 Å². The molecule has 0 amide bonds. The minimum atomic E-state index is -3.64. The Bertz CT molecular complexity index is 596. The van der Waals surface area contributed by atoms with Crippen molar-refractivity contribution < 1.29 is 8.42 Å². The predicted molar refractivity (Wildman–Crippen MR) is 61.8 cm³/mol. The molecule has 1 aromatic carbocycles. The Morgan fingerprint density at radius 2 is 1.94 bits per heavy atom. The van der Waals surface area contributed by atoms with Crippen LogP contribution in [0.2, 0.25) is 0 Å². The molecule has 90 valence electrons. The van der Waals surface area contributed by atoms with Gasteiger partial charge in [-0.1, -0.05) is 30.3 Å². The number of tetrazole rings is 1. The van der Waals surface area contributed by atoms with E-state index in [2.05, 4.69) is 15.4 Å². The van der Waals surface area contributed by atoms with Gasteiger partial charge in [0.2, 0.25) is 9.05 Å². The molecule has 0 saturated carbocycles. The molecule has 2 rings (SSSR count). The lowest BCUT2D eigenvalue weighted by atomic mass is 10.2. The van der Waals surface area contributed by atoms with E-state index in [4.69, 9.17) is 10.7 Å². The SMILES string of the molecule is O=S(=O)(Cl)Cc1nnn(Cc2ccccc2)n1. The first kappa shape index (κ1) is 12.0. The van der Waals surface area contributed by atoms with E-state index in [0.717, 1.165) is 5.56 Å². The maximum absolute atomic E-state index is 10.8. The fraction of sp³-hybridized carbons (Fsp3) is 0.222. The maximum atomic E-state index is 10.8. The van der Waals surface area contributed by atoms with E-state index >= 15 is 0 Å². The van der Waals surface area contributed by atoms with Gasteiger partial charge in [-0.2, -0.15) is 4.80 Å². The molecule has 0 radical (unpaired) electrons. The smallest absolute Gasteiger partial charge is 0.212 e. The first-order valence-corrected chi connectivity index (χ1v) is 7.24. The number of aromatic nitrogens is 4. The number of nitrogens with zero attached hydrogens (tertiary/aromatic N) is 4. The topological polar surface area (TPSA) is 77.7 Å². The summed E-state index contributed by atoms with van der Waals surface area (Å²) in [6, 6.07) is 9.54. The van der Waals surface area contributed by atoms with E-state index in [9.17, 15) is 8.42 Å². The molecule has 0 spiro atoms. The number of hydrogen-bond donors (Lipinski definition) is 0. The van der Waals surface area contributed by atoms with Crippen LogP contribution in [0, 0.1) is 0 Å². The summed E-state index contributed by atoms with van der Waals surface area (Å²) in [5.41, 5.74) is 1.00. The Morgan fingerprint density at radius 3 is 2.59 bits per heavy atom. The van der Waals surface area contributed by atoms with Crippen molar-refractivity contribution in [3.05, 3.63) is 41.7 Å². The zero-order valence-electron chi connectivity index (χ0n) is 8.69. The Morgan fingerprint density at radius 1 is 1.24 bits per heavy atom. The van der Waals surface area contributed by atoms with Gasteiger partial charge < -0.3 is 0 Å². The van der Waals surface area contributed by atoms with Crippen molar-refractivity contribution in [1.82, 2.24) is 20.2 Å². The average Bonchev–Trinajstić information content (AvgIpc) is 2.64. The normalized spacial score (nSPS) is 11.6. The standard InChI is InChI=1S/C9H9ClN4O2S/c10-17(15,16)7-9-11-13-14(12-9)6-8-4-2-1-3-5-8/h1-5H,6-7H2.